The summed E-state index contributed by atoms with van der Waals surface area (Å²) < 4.78 is 6.43. The molecule has 1 aromatic rings. The predicted molar refractivity (Wildman–Crippen MR) is 82.5 cm³/mol. The number of rotatable bonds is 8. The maximum atomic E-state index is 5.36. The predicted octanol–water partition coefficient (Wildman–Crippen LogP) is 5.23. The fourth-order valence-electron chi connectivity index (χ4n) is 2.01. The van der Waals surface area contributed by atoms with Gasteiger partial charge in [-0.25, -0.2) is 0 Å². The van der Waals surface area contributed by atoms with Gasteiger partial charge >= 0.3 is 0 Å². The molecule has 0 bridgehead atoms. The van der Waals surface area contributed by atoms with Crippen LogP contribution in [0.1, 0.15) is 46.0 Å². The zero-order chi connectivity index (χ0) is 13.4. The van der Waals surface area contributed by atoms with Crippen molar-refractivity contribution in [2.45, 2.75) is 52.0 Å². The zero-order valence-corrected chi connectivity index (χ0v) is 13.2. The van der Waals surface area contributed by atoms with Crippen LogP contribution in [0.5, 0.6) is 5.75 Å². The number of nitrogens with one attached hydrogen (secondary N) is 1. The molecule has 0 aliphatic heterocycles. The Kier molecular flexibility index (Phi) is 7.18. The van der Waals surface area contributed by atoms with Gasteiger partial charge in [-0.1, -0.05) is 48.5 Å². The number of benzene rings is 1. The minimum Gasteiger partial charge on any atom is -0.495 e. The average molecular weight is 314 g/mol. The number of unbranched alkanes of at least 4 members (excludes halogenated alkanes) is 3. The first kappa shape index (κ1) is 15.4. The number of halogens is 1. The van der Waals surface area contributed by atoms with Gasteiger partial charge in [0.2, 0.25) is 0 Å². The molecule has 1 atom stereocenters. The topological polar surface area (TPSA) is 21.3 Å². The summed E-state index contributed by atoms with van der Waals surface area (Å²) >= 11 is 3.49. The van der Waals surface area contributed by atoms with Crippen molar-refractivity contribution in [1.82, 2.24) is 0 Å². The third kappa shape index (κ3) is 5.30. The minimum atomic E-state index is 0.477. The molecule has 0 aliphatic carbocycles. The Morgan fingerprint density at radius 2 is 2.06 bits per heavy atom. The number of anilines is 1. The Labute approximate surface area is 119 Å². The van der Waals surface area contributed by atoms with E-state index < -0.39 is 0 Å². The van der Waals surface area contributed by atoms with Crippen LogP contribution in [-0.4, -0.2) is 13.2 Å². The smallest absolute Gasteiger partial charge is 0.142 e. The third-order valence-corrected chi connectivity index (χ3v) is 3.55. The van der Waals surface area contributed by atoms with Gasteiger partial charge in [0.15, 0.2) is 0 Å². The Balaban J connectivity index is 2.47. The molecule has 0 spiro atoms. The van der Waals surface area contributed by atoms with Crippen LogP contribution in [0.25, 0.3) is 0 Å². The van der Waals surface area contributed by atoms with E-state index in [4.69, 9.17) is 4.74 Å². The fourth-order valence-corrected chi connectivity index (χ4v) is 2.37. The zero-order valence-electron chi connectivity index (χ0n) is 11.6. The summed E-state index contributed by atoms with van der Waals surface area (Å²) in [5, 5.41) is 3.52. The summed E-state index contributed by atoms with van der Waals surface area (Å²) in [6, 6.07) is 6.53. The first-order chi connectivity index (χ1) is 8.67. The Morgan fingerprint density at radius 1 is 1.28 bits per heavy atom. The lowest BCUT2D eigenvalue weighted by Crippen LogP contribution is -2.15. The molecule has 0 radical (unpaired) electrons. The van der Waals surface area contributed by atoms with Crippen LogP contribution in [0.2, 0.25) is 0 Å². The molecule has 1 rings (SSSR count). The highest BCUT2D eigenvalue weighted by atomic mass is 79.9. The summed E-state index contributed by atoms with van der Waals surface area (Å²) in [6.45, 7) is 4.47. The van der Waals surface area contributed by atoms with Crippen LogP contribution in [-0.2, 0) is 0 Å². The van der Waals surface area contributed by atoms with Gasteiger partial charge in [-0.3, -0.25) is 0 Å². The van der Waals surface area contributed by atoms with Crippen LogP contribution in [0.15, 0.2) is 22.7 Å². The average Bonchev–Trinajstić information content (AvgIpc) is 2.35. The number of hydrogen-bond acceptors (Lipinski definition) is 2. The van der Waals surface area contributed by atoms with Crippen molar-refractivity contribution in [3.63, 3.8) is 0 Å². The third-order valence-electron chi connectivity index (χ3n) is 3.05. The van der Waals surface area contributed by atoms with Crippen molar-refractivity contribution >= 4 is 21.6 Å². The van der Waals surface area contributed by atoms with Gasteiger partial charge in [0.05, 0.1) is 12.8 Å². The molecule has 0 saturated carbocycles. The molecule has 3 heteroatoms. The quantitative estimate of drug-likeness (QED) is 0.664. The molecule has 1 N–H and O–H groups in total. The van der Waals surface area contributed by atoms with Crippen molar-refractivity contribution in [2.24, 2.45) is 0 Å². The molecule has 0 saturated heterocycles. The van der Waals surface area contributed by atoms with Gasteiger partial charge in [-0.05, 0) is 31.5 Å². The SMILES string of the molecule is CCCCCCC(C)Nc1cc(Br)ccc1OC. The summed E-state index contributed by atoms with van der Waals surface area (Å²) in [7, 11) is 1.71. The normalized spacial score (nSPS) is 12.2. The van der Waals surface area contributed by atoms with E-state index in [2.05, 4.69) is 41.2 Å². The fraction of sp³-hybridized carbons (Fsp3) is 0.600. The van der Waals surface area contributed by atoms with Crippen molar-refractivity contribution in [3.05, 3.63) is 22.7 Å². The molecule has 0 amide bonds. The van der Waals surface area contributed by atoms with E-state index in [0.29, 0.717) is 6.04 Å². The highest BCUT2D eigenvalue weighted by Crippen LogP contribution is 2.28. The highest BCUT2D eigenvalue weighted by Gasteiger charge is 2.07. The standard InChI is InChI=1S/C15H24BrNO/c1-4-5-6-7-8-12(2)17-14-11-13(16)9-10-15(14)18-3/h9-12,17H,4-8H2,1-3H3. The van der Waals surface area contributed by atoms with Gasteiger partial charge in [0.25, 0.3) is 0 Å². The van der Waals surface area contributed by atoms with E-state index in [1.807, 2.05) is 12.1 Å². The van der Waals surface area contributed by atoms with E-state index in [1.54, 1.807) is 7.11 Å². The molecule has 1 aromatic carbocycles. The van der Waals surface area contributed by atoms with Crippen molar-refractivity contribution in [3.8, 4) is 5.75 Å². The maximum Gasteiger partial charge on any atom is 0.142 e. The maximum absolute atomic E-state index is 5.36. The molecule has 0 aliphatic rings. The molecular weight excluding hydrogens is 290 g/mol. The second kappa shape index (κ2) is 8.41. The van der Waals surface area contributed by atoms with Gasteiger partial charge in [-0.2, -0.15) is 0 Å². The van der Waals surface area contributed by atoms with Crippen LogP contribution < -0.4 is 10.1 Å². The number of methoxy groups -OCH3 is 1. The van der Waals surface area contributed by atoms with E-state index >= 15 is 0 Å². The summed E-state index contributed by atoms with van der Waals surface area (Å²) in [6.07, 6.45) is 6.46. The van der Waals surface area contributed by atoms with Gasteiger partial charge < -0.3 is 10.1 Å². The van der Waals surface area contributed by atoms with Crippen molar-refractivity contribution in [1.29, 1.82) is 0 Å². The van der Waals surface area contributed by atoms with Crippen LogP contribution in [0.4, 0.5) is 5.69 Å². The highest BCUT2D eigenvalue weighted by molar-refractivity contribution is 9.10. The summed E-state index contributed by atoms with van der Waals surface area (Å²) in [5.41, 5.74) is 1.06. The molecule has 0 heterocycles. The van der Waals surface area contributed by atoms with Gasteiger partial charge in [-0.15, -0.1) is 0 Å². The van der Waals surface area contributed by atoms with Crippen molar-refractivity contribution < 1.29 is 4.74 Å². The number of hydrogen-bond donors (Lipinski definition) is 1. The lowest BCUT2D eigenvalue weighted by Gasteiger charge is -2.17. The van der Waals surface area contributed by atoms with Crippen LogP contribution in [0.3, 0.4) is 0 Å². The Morgan fingerprint density at radius 3 is 2.72 bits per heavy atom. The van der Waals surface area contributed by atoms with E-state index in [9.17, 15) is 0 Å². The molecule has 18 heavy (non-hydrogen) atoms. The second-order valence-electron chi connectivity index (χ2n) is 4.74. The van der Waals surface area contributed by atoms with Crippen molar-refractivity contribution in [2.75, 3.05) is 12.4 Å². The van der Waals surface area contributed by atoms with Crippen LogP contribution in [0, 0.1) is 0 Å². The molecule has 1 unspecified atom stereocenters. The Bertz CT molecular complexity index is 354. The molecule has 0 aromatic heterocycles. The van der Waals surface area contributed by atoms with Crippen LogP contribution >= 0.6 is 15.9 Å². The molecular formula is C15H24BrNO. The van der Waals surface area contributed by atoms with E-state index in [1.165, 1.54) is 32.1 Å². The summed E-state index contributed by atoms with van der Waals surface area (Å²) in [4.78, 5) is 0. The van der Waals surface area contributed by atoms with Gasteiger partial charge in [0.1, 0.15) is 5.75 Å². The lowest BCUT2D eigenvalue weighted by molar-refractivity contribution is 0.415. The lowest BCUT2D eigenvalue weighted by atomic mass is 10.1. The Hall–Kier alpha value is -0.700. The first-order valence-corrected chi connectivity index (χ1v) is 7.56. The van der Waals surface area contributed by atoms with E-state index in [0.717, 1.165) is 15.9 Å². The number of ether oxygens (including phenoxy) is 1. The first-order valence-electron chi connectivity index (χ1n) is 6.77. The second-order valence-corrected chi connectivity index (χ2v) is 5.66. The molecule has 0 fully saturated rings. The molecule has 102 valence electrons. The minimum absolute atomic E-state index is 0.477. The summed E-state index contributed by atoms with van der Waals surface area (Å²) in [5.74, 6) is 0.901. The van der Waals surface area contributed by atoms with E-state index in [-0.39, 0.29) is 0 Å². The molecule has 2 nitrogen and oxygen atoms in total. The monoisotopic (exact) mass is 313 g/mol. The largest absolute Gasteiger partial charge is 0.495 e. The van der Waals surface area contributed by atoms with Gasteiger partial charge in [0, 0.05) is 10.5 Å².